The molecule has 0 saturated heterocycles. The van der Waals surface area contributed by atoms with Crippen LogP contribution in [0, 0.1) is 0 Å². The number of nitrogens with zero attached hydrogens (tertiary/aromatic N) is 1. The maximum atomic E-state index is 12.7. The maximum absolute atomic E-state index is 12.7. The van der Waals surface area contributed by atoms with Crippen LogP contribution in [0.25, 0.3) is 11.1 Å². The molecule has 1 heterocycles. The third-order valence-corrected chi connectivity index (χ3v) is 5.96. The Morgan fingerprint density at radius 3 is 2.09 bits per heavy atom. The van der Waals surface area contributed by atoms with Crippen molar-refractivity contribution < 1.29 is 28.2 Å². The first-order chi connectivity index (χ1) is 17.1. The quantitative estimate of drug-likeness (QED) is 0.257. The normalized spacial score (nSPS) is 10.8. The number of carbonyl (C=O) groups excluding carboxylic acids is 2. The lowest BCUT2D eigenvalue weighted by Crippen LogP contribution is -2.33. The number of carbonyl (C=O) groups is 2. The number of hydrogen-bond acceptors (Lipinski definition) is 8. The van der Waals surface area contributed by atoms with Gasteiger partial charge in [0.15, 0.2) is 12.2 Å². The van der Waals surface area contributed by atoms with Gasteiger partial charge in [-0.15, -0.1) is 0 Å². The number of nitrogens with one attached hydrogen (secondary N) is 1. The van der Waals surface area contributed by atoms with Crippen LogP contribution >= 0.6 is 11.8 Å². The van der Waals surface area contributed by atoms with Crippen molar-refractivity contribution in [3.05, 3.63) is 83.9 Å². The van der Waals surface area contributed by atoms with E-state index in [0.717, 1.165) is 22.9 Å². The summed E-state index contributed by atoms with van der Waals surface area (Å²) in [5.41, 5.74) is 3.06. The van der Waals surface area contributed by atoms with E-state index in [2.05, 4.69) is 10.3 Å². The second-order valence-corrected chi connectivity index (χ2v) is 8.37. The second kappa shape index (κ2) is 11.4. The number of hydrogen-bond donors (Lipinski definition) is 1. The largest absolute Gasteiger partial charge is 0.497 e. The van der Waals surface area contributed by atoms with Gasteiger partial charge in [-0.3, -0.25) is 9.59 Å². The van der Waals surface area contributed by atoms with Crippen molar-refractivity contribution in [2.45, 2.75) is 11.3 Å². The van der Waals surface area contributed by atoms with Gasteiger partial charge in [0.2, 0.25) is 0 Å². The molecule has 0 radical (unpaired) electrons. The molecule has 0 fully saturated rings. The number of ether oxygens (including phenoxy) is 3. The van der Waals surface area contributed by atoms with Gasteiger partial charge in [-0.05, 0) is 47.5 Å². The van der Waals surface area contributed by atoms with Crippen LogP contribution in [0.3, 0.4) is 0 Å². The molecular formula is C26H24N2O6S. The van der Waals surface area contributed by atoms with Crippen LogP contribution in [-0.2, 0) is 14.3 Å². The lowest BCUT2D eigenvalue weighted by atomic mass is 9.98. The van der Waals surface area contributed by atoms with Crippen molar-refractivity contribution in [3.63, 3.8) is 0 Å². The average Bonchev–Trinajstić information content (AvgIpc) is 3.33. The third kappa shape index (κ3) is 6.33. The van der Waals surface area contributed by atoms with E-state index in [1.165, 1.54) is 0 Å². The van der Waals surface area contributed by atoms with Crippen LogP contribution in [0.5, 0.6) is 11.5 Å². The van der Waals surface area contributed by atoms with Crippen molar-refractivity contribution in [1.82, 2.24) is 10.3 Å². The van der Waals surface area contributed by atoms with Gasteiger partial charge in [0.25, 0.3) is 11.1 Å². The van der Waals surface area contributed by atoms with Crippen LogP contribution in [0.15, 0.2) is 82.4 Å². The fourth-order valence-electron chi connectivity index (χ4n) is 3.38. The zero-order valence-corrected chi connectivity index (χ0v) is 20.0. The molecule has 0 bridgehead atoms. The van der Waals surface area contributed by atoms with Crippen LogP contribution < -0.4 is 14.8 Å². The number of aromatic nitrogens is 1. The number of benzene rings is 3. The average molecular weight is 493 g/mol. The number of para-hydroxylation sites is 2. The molecular weight excluding hydrogens is 468 g/mol. The summed E-state index contributed by atoms with van der Waals surface area (Å²) in [5.74, 6) is 0.415. The minimum atomic E-state index is -0.544. The van der Waals surface area contributed by atoms with Crippen LogP contribution in [-0.4, -0.2) is 43.4 Å². The highest BCUT2D eigenvalue weighted by Crippen LogP contribution is 2.26. The number of thioether (sulfide) groups is 1. The Hall–Kier alpha value is -3.98. The third-order valence-electron chi connectivity index (χ3n) is 5.16. The number of amides is 1. The lowest BCUT2D eigenvalue weighted by molar-refractivity contribution is -0.146. The van der Waals surface area contributed by atoms with Crippen molar-refractivity contribution in [3.8, 4) is 11.5 Å². The molecule has 0 aliphatic rings. The van der Waals surface area contributed by atoms with E-state index < -0.39 is 24.5 Å². The topological polar surface area (TPSA) is 99.9 Å². The number of methoxy groups -OCH3 is 2. The summed E-state index contributed by atoms with van der Waals surface area (Å²) in [5, 5.41) is 3.30. The maximum Gasteiger partial charge on any atom is 0.316 e. The van der Waals surface area contributed by atoms with Crippen molar-refractivity contribution in [1.29, 1.82) is 0 Å². The molecule has 8 nitrogen and oxygen atoms in total. The molecule has 180 valence electrons. The van der Waals surface area contributed by atoms with Gasteiger partial charge in [-0.25, -0.2) is 4.98 Å². The van der Waals surface area contributed by atoms with Gasteiger partial charge in [0.05, 0.1) is 20.3 Å². The van der Waals surface area contributed by atoms with E-state index in [1.807, 2.05) is 66.7 Å². The lowest BCUT2D eigenvalue weighted by Gasteiger charge is -2.20. The molecule has 1 amide bonds. The van der Waals surface area contributed by atoms with Crippen molar-refractivity contribution >= 4 is 34.7 Å². The Balaban J connectivity index is 1.36. The zero-order valence-electron chi connectivity index (χ0n) is 19.2. The van der Waals surface area contributed by atoms with E-state index in [0.29, 0.717) is 27.8 Å². The molecule has 4 rings (SSSR count). The summed E-state index contributed by atoms with van der Waals surface area (Å²) in [6, 6.07) is 21.7. The molecule has 1 aromatic heterocycles. The molecule has 0 aliphatic heterocycles. The van der Waals surface area contributed by atoms with Crippen molar-refractivity contribution in [2.24, 2.45) is 0 Å². The van der Waals surface area contributed by atoms with Crippen LogP contribution in [0.2, 0.25) is 0 Å². The minimum absolute atomic E-state index is 0.0273. The number of oxazole rings is 1. The molecule has 35 heavy (non-hydrogen) atoms. The molecule has 3 aromatic carbocycles. The fraction of sp³-hybridized carbons (Fsp3) is 0.192. The Morgan fingerprint density at radius 1 is 0.914 bits per heavy atom. The van der Waals surface area contributed by atoms with Gasteiger partial charge in [-0.1, -0.05) is 48.2 Å². The first-order valence-electron chi connectivity index (χ1n) is 10.8. The van der Waals surface area contributed by atoms with Crippen molar-refractivity contribution in [2.75, 3.05) is 26.6 Å². The summed E-state index contributed by atoms with van der Waals surface area (Å²) >= 11 is 1.11. The highest BCUT2D eigenvalue weighted by atomic mass is 32.2. The molecule has 0 saturated carbocycles. The van der Waals surface area contributed by atoms with Gasteiger partial charge in [0, 0.05) is 0 Å². The van der Waals surface area contributed by atoms with Gasteiger partial charge in [0.1, 0.15) is 22.8 Å². The molecule has 9 heteroatoms. The molecule has 0 spiro atoms. The van der Waals surface area contributed by atoms with Crippen LogP contribution in [0.4, 0.5) is 0 Å². The highest BCUT2D eigenvalue weighted by molar-refractivity contribution is 7.99. The molecule has 4 aromatic rings. The molecule has 1 N–H and O–H groups in total. The molecule has 0 aliphatic carbocycles. The minimum Gasteiger partial charge on any atom is -0.497 e. The Morgan fingerprint density at radius 2 is 1.51 bits per heavy atom. The Kier molecular flexibility index (Phi) is 7.89. The van der Waals surface area contributed by atoms with E-state index >= 15 is 0 Å². The summed E-state index contributed by atoms with van der Waals surface area (Å²) in [6.45, 7) is -0.407. The number of rotatable bonds is 10. The first-order valence-corrected chi connectivity index (χ1v) is 11.8. The van der Waals surface area contributed by atoms with E-state index in [-0.39, 0.29) is 5.75 Å². The summed E-state index contributed by atoms with van der Waals surface area (Å²) in [7, 11) is 3.18. The second-order valence-electron chi connectivity index (χ2n) is 7.44. The molecule has 0 unspecified atom stereocenters. The fourth-order valence-corrected chi connectivity index (χ4v) is 4.01. The SMILES string of the molecule is COc1ccc(C(NC(=O)COC(=O)CSc2nc3ccccc3o2)c2ccc(OC)cc2)cc1. The van der Waals surface area contributed by atoms with Gasteiger partial charge < -0.3 is 23.9 Å². The zero-order chi connectivity index (χ0) is 24.6. The van der Waals surface area contributed by atoms with Gasteiger partial charge in [-0.2, -0.15) is 0 Å². The molecule has 0 atom stereocenters. The highest BCUT2D eigenvalue weighted by Gasteiger charge is 2.19. The van der Waals surface area contributed by atoms with Gasteiger partial charge >= 0.3 is 5.97 Å². The first kappa shape index (κ1) is 24.2. The summed E-state index contributed by atoms with van der Waals surface area (Å²) < 4.78 is 21.2. The monoisotopic (exact) mass is 492 g/mol. The van der Waals surface area contributed by atoms with E-state index in [1.54, 1.807) is 20.3 Å². The summed E-state index contributed by atoms with van der Waals surface area (Å²) in [4.78, 5) is 29.2. The Labute approximate surface area is 206 Å². The standard InChI is InChI=1S/C26H24N2O6S/c1-31-19-11-7-17(8-12-19)25(18-9-13-20(32-2)14-10-18)28-23(29)15-33-24(30)16-35-26-27-21-5-3-4-6-22(21)34-26/h3-14,25H,15-16H2,1-2H3,(H,28,29). The number of fused-ring (bicyclic) bond motifs is 1. The van der Waals surface area contributed by atoms with E-state index in [4.69, 9.17) is 18.6 Å². The smallest absolute Gasteiger partial charge is 0.316 e. The predicted molar refractivity (Wildman–Crippen MR) is 132 cm³/mol. The summed E-state index contributed by atoms with van der Waals surface area (Å²) in [6.07, 6.45) is 0. The van der Waals surface area contributed by atoms with Crippen LogP contribution in [0.1, 0.15) is 17.2 Å². The number of esters is 1. The van der Waals surface area contributed by atoms with E-state index in [9.17, 15) is 9.59 Å². The predicted octanol–water partition coefficient (Wildman–Crippen LogP) is 4.39. The Bertz CT molecular complexity index is 1210.